The van der Waals surface area contributed by atoms with E-state index in [0.717, 1.165) is 36.8 Å². The van der Waals surface area contributed by atoms with Crippen molar-refractivity contribution >= 4 is 22.4 Å². The second-order valence-electron chi connectivity index (χ2n) is 6.30. The molecule has 7 nitrogen and oxygen atoms in total. The van der Waals surface area contributed by atoms with E-state index in [-0.39, 0.29) is 5.75 Å². The number of phenolic OH excluding ortho intramolecular Hbond substituents is 1. The van der Waals surface area contributed by atoms with Crippen molar-refractivity contribution in [3.63, 3.8) is 0 Å². The average Bonchev–Trinajstić information content (AvgIpc) is 2.69. The van der Waals surface area contributed by atoms with Crippen LogP contribution in [-0.4, -0.2) is 39.4 Å². The molecule has 130 valence electrons. The van der Waals surface area contributed by atoms with Crippen molar-refractivity contribution in [3.05, 3.63) is 47.9 Å². The van der Waals surface area contributed by atoms with E-state index in [1.165, 1.54) is 6.07 Å². The molecule has 1 fully saturated rings. The van der Waals surface area contributed by atoms with Crippen LogP contribution in [0.1, 0.15) is 12.8 Å². The molecule has 1 atom stereocenters. The molecule has 3 N–H and O–H groups in total. The van der Waals surface area contributed by atoms with Gasteiger partial charge in [-0.2, -0.15) is 0 Å². The largest absolute Gasteiger partial charge is 0.509 e. The summed E-state index contributed by atoms with van der Waals surface area (Å²) in [5, 5.41) is 26.6. The molecule has 0 spiro atoms. The lowest BCUT2D eigenvalue weighted by atomic mass is 10.0. The fraction of sp³-hybridized carbons (Fsp3) is 0.263. The monoisotopic (exact) mass is 346 g/mol. The van der Waals surface area contributed by atoms with E-state index in [4.69, 9.17) is 6.57 Å². The van der Waals surface area contributed by atoms with Crippen molar-refractivity contribution < 1.29 is 5.11 Å². The number of phenols is 1. The van der Waals surface area contributed by atoms with Crippen LogP contribution in [0.3, 0.4) is 0 Å². The molecule has 0 unspecified atom stereocenters. The predicted octanol–water partition coefficient (Wildman–Crippen LogP) is 3.11. The molecule has 1 aromatic carbocycles. The van der Waals surface area contributed by atoms with Gasteiger partial charge in [-0.1, -0.05) is 12.1 Å². The first kappa shape index (κ1) is 16.2. The maximum Gasteiger partial charge on any atom is 0.190 e. The number of hydrogen-bond donors (Lipinski definition) is 3. The van der Waals surface area contributed by atoms with Gasteiger partial charge < -0.3 is 15.7 Å². The highest BCUT2D eigenvalue weighted by molar-refractivity contribution is 5.98. The van der Waals surface area contributed by atoms with Gasteiger partial charge in [-0.05, 0) is 37.6 Å². The van der Waals surface area contributed by atoms with Crippen molar-refractivity contribution in [1.82, 2.24) is 20.5 Å². The summed E-state index contributed by atoms with van der Waals surface area (Å²) in [6.07, 6.45) is 3.92. The number of hydrogen-bond acceptors (Lipinski definition) is 6. The predicted molar refractivity (Wildman–Crippen MR) is 100 cm³/mol. The van der Waals surface area contributed by atoms with Crippen LogP contribution < -0.4 is 10.6 Å². The molecule has 3 aromatic rings. The SMILES string of the molecule is [C-]#[N+]c1ccc(-c2nnc(N[C@@H]3CCCNC3)c3ncccc23)c(O)c1. The summed E-state index contributed by atoms with van der Waals surface area (Å²) >= 11 is 0. The van der Waals surface area contributed by atoms with Crippen LogP contribution in [0.4, 0.5) is 11.5 Å². The second-order valence-corrected chi connectivity index (χ2v) is 6.30. The van der Waals surface area contributed by atoms with Crippen LogP contribution in [0.5, 0.6) is 5.75 Å². The molecular weight excluding hydrogens is 328 g/mol. The third kappa shape index (κ3) is 3.03. The van der Waals surface area contributed by atoms with Gasteiger partial charge in [-0.25, -0.2) is 4.85 Å². The summed E-state index contributed by atoms with van der Waals surface area (Å²) in [5.41, 5.74) is 2.18. The second kappa shape index (κ2) is 6.94. The summed E-state index contributed by atoms with van der Waals surface area (Å²) in [6.45, 7) is 8.99. The highest BCUT2D eigenvalue weighted by Gasteiger charge is 2.18. The number of aromatic hydroxyl groups is 1. The Bertz CT molecular complexity index is 991. The molecule has 1 aliphatic rings. The van der Waals surface area contributed by atoms with Crippen molar-refractivity contribution in [2.45, 2.75) is 18.9 Å². The molecule has 3 heterocycles. The summed E-state index contributed by atoms with van der Waals surface area (Å²) in [5.74, 6) is 0.658. The van der Waals surface area contributed by atoms with Gasteiger partial charge in [0.2, 0.25) is 0 Å². The number of nitrogens with one attached hydrogen (secondary N) is 2. The van der Waals surface area contributed by atoms with Crippen LogP contribution in [0.15, 0.2) is 36.5 Å². The van der Waals surface area contributed by atoms with Crippen LogP contribution in [-0.2, 0) is 0 Å². The van der Waals surface area contributed by atoms with Gasteiger partial charge in [0, 0.05) is 29.7 Å². The molecule has 1 aliphatic heterocycles. The van der Waals surface area contributed by atoms with E-state index in [1.807, 2.05) is 12.1 Å². The van der Waals surface area contributed by atoms with Crippen LogP contribution in [0.25, 0.3) is 27.0 Å². The Morgan fingerprint density at radius 3 is 2.96 bits per heavy atom. The van der Waals surface area contributed by atoms with E-state index in [9.17, 15) is 5.11 Å². The molecule has 0 radical (unpaired) electrons. The Morgan fingerprint density at radius 1 is 1.27 bits per heavy atom. The van der Waals surface area contributed by atoms with E-state index in [1.54, 1.807) is 18.3 Å². The number of fused-ring (bicyclic) bond motifs is 1. The topological polar surface area (TPSA) is 87.3 Å². The highest BCUT2D eigenvalue weighted by atomic mass is 16.3. The van der Waals surface area contributed by atoms with Gasteiger partial charge in [-0.3, -0.25) is 4.98 Å². The van der Waals surface area contributed by atoms with Crippen LogP contribution in [0, 0.1) is 6.57 Å². The number of rotatable bonds is 3. The minimum Gasteiger partial charge on any atom is -0.509 e. The van der Waals surface area contributed by atoms with Crippen molar-refractivity contribution in [3.8, 4) is 17.0 Å². The minimum absolute atomic E-state index is 0.00939. The standard InChI is InChI=1S/C19H18N6O/c1-20-12-6-7-14(16(26)10-12)17-15-5-3-9-22-18(15)19(25-24-17)23-13-4-2-8-21-11-13/h3,5-7,9-10,13,21,26H,2,4,8,11H2,(H,23,25)/t13-/m1/s1. The number of piperidine rings is 1. The minimum atomic E-state index is 0.00939. The molecule has 4 rings (SSSR count). The number of anilines is 1. The smallest absolute Gasteiger partial charge is 0.190 e. The number of nitrogens with zero attached hydrogens (tertiary/aromatic N) is 4. The molecule has 0 saturated carbocycles. The molecule has 2 aromatic heterocycles. The first-order chi connectivity index (χ1) is 12.8. The van der Waals surface area contributed by atoms with Crippen molar-refractivity contribution in [2.75, 3.05) is 18.4 Å². The zero-order chi connectivity index (χ0) is 17.9. The summed E-state index contributed by atoms with van der Waals surface area (Å²) in [7, 11) is 0. The fourth-order valence-corrected chi connectivity index (χ4v) is 3.24. The third-order valence-electron chi connectivity index (χ3n) is 4.54. The number of pyridine rings is 1. The first-order valence-corrected chi connectivity index (χ1v) is 8.56. The van der Waals surface area contributed by atoms with Crippen LogP contribution >= 0.6 is 0 Å². The van der Waals surface area contributed by atoms with Crippen LogP contribution in [0.2, 0.25) is 0 Å². The normalized spacial score (nSPS) is 17.0. The van der Waals surface area contributed by atoms with E-state index >= 15 is 0 Å². The highest BCUT2D eigenvalue weighted by Crippen LogP contribution is 2.36. The molecular formula is C19H18N6O. The molecule has 26 heavy (non-hydrogen) atoms. The van der Waals surface area contributed by atoms with Gasteiger partial charge in [-0.15, -0.1) is 10.2 Å². The summed E-state index contributed by atoms with van der Waals surface area (Å²) < 4.78 is 0. The van der Waals surface area contributed by atoms with Crippen molar-refractivity contribution in [1.29, 1.82) is 0 Å². The van der Waals surface area contributed by atoms with E-state index in [0.29, 0.717) is 28.8 Å². The quantitative estimate of drug-likeness (QED) is 0.632. The van der Waals surface area contributed by atoms with Gasteiger partial charge in [0.05, 0.1) is 6.57 Å². The fourth-order valence-electron chi connectivity index (χ4n) is 3.24. The lowest BCUT2D eigenvalue weighted by Crippen LogP contribution is -2.38. The van der Waals surface area contributed by atoms with E-state index in [2.05, 4.69) is 30.7 Å². The molecule has 0 aliphatic carbocycles. The van der Waals surface area contributed by atoms with E-state index < -0.39 is 0 Å². The van der Waals surface area contributed by atoms with Gasteiger partial charge in [0.25, 0.3) is 0 Å². The molecule has 7 heteroatoms. The summed E-state index contributed by atoms with van der Waals surface area (Å²) in [6, 6.07) is 8.83. The molecule has 0 bridgehead atoms. The Kier molecular flexibility index (Phi) is 4.33. The Morgan fingerprint density at radius 2 is 2.19 bits per heavy atom. The number of aromatic nitrogens is 3. The third-order valence-corrected chi connectivity index (χ3v) is 4.54. The zero-order valence-corrected chi connectivity index (χ0v) is 14.1. The first-order valence-electron chi connectivity index (χ1n) is 8.56. The zero-order valence-electron chi connectivity index (χ0n) is 14.1. The maximum absolute atomic E-state index is 10.3. The average molecular weight is 346 g/mol. The Labute approximate surface area is 150 Å². The number of benzene rings is 1. The lowest BCUT2D eigenvalue weighted by Gasteiger charge is -2.24. The maximum atomic E-state index is 10.3. The molecule has 1 saturated heterocycles. The Balaban J connectivity index is 1.78. The van der Waals surface area contributed by atoms with Crippen molar-refractivity contribution in [2.24, 2.45) is 0 Å². The van der Waals surface area contributed by atoms with Gasteiger partial charge in [0.15, 0.2) is 11.5 Å². The summed E-state index contributed by atoms with van der Waals surface area (Å²) in [4.78, 5) is 7.81. The lowest BCUT2D eigenvalue weighted by molar-refractivity contribution is 0.477. The van der Waals surface area contributed by atoms with Gasteiger partial charge in [0.1, 0.15) is 17.0 Å². The van der Waals surface area contributed by atoms with Gasteiger partial charge >= 0.3 is 0 Å². The molecule has 0 amide bonds. The Hall–Kier alpha value is -3.24.